The first-order chi connectivity index (χ1) is 7.54. The molecule has 1 atom stereocenters. The minimum Gasteiger partial charge on any atom is -0.342 e. The van der Waals surface area contributed by atoms with Crippen molar-refractivity contribution in [1.82, 2.24) is 10.3 Å². The van der Waals surface area contributed by atoms with Crippen LogP contribution in [0, 0.1) is 6.92 Å². The molecule has 0 saturated carbocycles. The highest BCUT2D eigenvalue weighted by Crippen LogP contribution is 2.02. The Kier molecular flexibility index (Phi) is 4.17. The highest BCUT2D eigenvalue weighted by molar-refractivity contribution is 5.97. The van der Waals surface area contributed by atoms with Gasteiger partial charge in [0.05, 0.1) is 11.6 Å². The Balaban J connectivity index is 2.69. The molecule has 1 amide bonds. The molecule has 0 aromatic carbocycles. The number of Topliss-reactive ketones (excluding diaryl/α,β-unsaturated/α-hetero) is 1. The molecule has 0 aliphatic rings. The first-order valence-corrected chi connectivity index (χ1v) is 5.29. The lowest BCUT2D eigenvalue weighted by molar-refractivity contribution is -0.120. The second-order valence-electron chi connectivity index (χ2n) is 3.77. The molecule has 1 aromatic rings. The van der Waals surface area contributed by atoms with Crippen LogP contribution in [0.15, 0.2) is 18.5 Å². The van der Waals surface area contributed by atoms with Gasteiger partial charge < -0.3 is 5.32 Å². The molecule has 1 N–H and O–H groups in total. The van der Waals surface area contributed by atoms with Crippen molar-refractivity contribution in [2.45, 2.75) is 33.2 Å². The fraction of sp³-hybridized carbons (Fsp3) is 0.417. The summed E-state index contributed by atoms with van der Waals surface area (Å²) in [5.74, 6) is -0.237. The van der Waals surface area contributed by atoms with E-state index < -0.39 is 6.04 Å². The van der Waals surface area contributed by atoms with Gasteiger partial charge in [0.1, 0.15) is 0 Å². The summed E-state index contributed by atoms with van der Waals surface area (Å²) in [6, 6.07) is 1.30. The fourth-order valence-electron chi connectivity index (χ4n) is 1.35. The number of nitrogens with zero attached hydrogens (tertiary/aromatic N) is 1. The number of carbonyl (C=O) groups excluding carboxylic acids is 2. The highest BCUT2D eigenvalue weighted by atomic mass is 16.2. The Labute approximate surface area is 95.1 Å². The van der Waals surface area contributed by atoms with Crippen molar-refractivity contribution < 1.29 is 9.59 Å². The fourth-order valence-corrected chi connectivity index (χ4v) is 1.35. The summed E-state index contributed by atoms with van der Waals surface area (Å²) in [4.78, 5) is 27.0. The minimum atomic E-state index is -0.446. The van der Waals surface area contributed by atoms with Crippen molar-refractivity contribution in [2.75, 3.05) is 0 Å². The summed E-state index contributed by atoms with van der Waals surface area (Å²) in [6.07, 6.45) is 3.59. The predicted molar refractivity (Wildman–Crippen MR) is 61.2 cm³/mol. The number of aromatic nitrogens is 1. The molecule has 86 valence electrons. The molecule has 1 unspecified atom stereocenters. The number of nitrogens with one attached hydrogen (secondary N) is 1. The van der Waals surface area contributed by atoms with Crippen LogP contribution in [0.3, 0.4) is 0 Å². The van der Waals surface area contributed by atoms with Crippen molar-refractivity contribution in [3.63, 3.8) is 0 Å². The van der Waals surface area contributed by atoms with Crippen LogP contribution < -0.4 is 5.32 Å². The smallest absolute Gasteiger partial charge is 0.253 e. The maximum atomic E-state index is 11.7. The zero-order chi connectivity index (χ0) is 12.1. The average Bonchev–Trinajstić information content (AvgIpc) is 2.27. The van der Waals surface area contributed by atoms with E-state index in [4.69, 9.17) is 0 Å². The topological polar surface area (TPSA) is 59.1 Å². The monoisotopic (exact) mass is 220 g/mol. The van der Waals surface area contributed by atoms with Crippen LogP contribution >= 0.6 is 0 Å². The Morgan fingerprint density at radius 3 is 2.69 bits per heavy atom. The van der Waals surface area contributed by atoms with Gasteiger partial charge in [-0.25, -0.2) is 0 Å². The Hall–Kier alpha value is -1.71. The number of pyridine rings is 1. The van der Waals surface area contributed by atoms with Gasteiger partial charge in [-0.3, -0.25) is 14.6 Å². The third-order valence-corrected chi connectivity index (χ3v) is 2.32. The van der Waals surface area contributed by atoms with E-state index in [9.17, 15) is 9.59 Å². The number of aryl methyl sites for hydroxylation is 1. The molecule has 0 saturated heterocycles. The van der Waals surface area contributed by atoms with E-state index in [1.807, 2.05) is 6.92 Å². The average molecular weight is 220 g/mol. The molecule has 0 radical (unpaired) electrons. The third-order valence-electron chi connectivity index (χ3n) is 2.32. The maximum Gasteiger partial charge on any atom is 0.253 e. The number of hydrogen-bond donors (Lipinski definition) is 1. The van der Waals surface area contributed by atoms with E-state index in [0.717, 1.165) is 5.56 Å². The number of carbonyl (C=O) groups is 2. The number of ketones is 1. The quantitative estimate of drug-likeness (QED) is 0.836. The van der Waals surface area contributed by atoms with Gasteiger partial charge in [-0.2, -0.15) is 0 Å². The van der Waals surface area contributed by atoms with Gasteiger partial charge in [-0.1, -0.05) is 6.92 Å². The summed E-state index contributed by atoms with van der Waals surface area (Å²) in [6.45, 7) is 5.33. The number of amides is 1. The summed E-state index contributed by atoms with van der Waals surface area (Å²) < 4.78 is 0. The molecule has 0 fully saturated rings. The summed E-state index contributed by atoms with van der Waals surface area (Å²) in [5.41, 5.74) is 1.40. The third kappa shape index (κ3) is 3.15. The lowest BCUT2D eigenvalue weighted by atomic mass is 10.1. The molecular formula is C12H16N2O2. The van der Waals surface area contributed by atoms with Gasteiger partial charge in [-0.05, 0) is 25.5 Å². The molecule has 4 heteroatoms. The first-order valence-electron chi connectivity index (χ1n) is 5.29. The lowest BCUT2D eigenvalue weighted by Gasteiger charge is -2.11. The Morgan fingerprint density at radius 1 is 1.44 bits per heavy atom. The van der Waals surface area contributed by atoms with Crippen molar-refractivity contribution >= 4 is 11.7 Å². The van der Waals surface area contributed by atoms with Crippen LogP contribution in [0.5, 0.6) is 0 Å². The standard InChI is InChI=1S/C12H16N2O2/c1-4-11(15)9(3)14-12(16)10-5-8(2)6-13-7-10/h5-7,9H,4H2,1-3H3,(H,14,16). The molecule has 1 rings (SSSR count). The Morgan fingerprint density at radius 2 is 2.12 bits per heavy atom. The van der Waals surface area contributed by atoms with E-state index >= 15 is 0 Å². The number of rotatable bonds is 4. The van der Waals surface area contributed by atoms with Crippen LogP contribution in [0.2, 0.25) is 0 Å². The van der Waals surface area contributed by atoms with Gasteiger partial charge in [-0.15, -0.1) is 0 Å². The van der Waals surface area contributed by atoms with E-state index in [-0.39, 0.29) is 11.7 Å². The van der Waals surface area contributed by atoms with Crippen LogP contribution in [-0.2, 0) is 4.79 Å². The number of hydrogen-bond acceptors (Lipinski definition) is 3. The summed E-state index contributed by atoms with van der Waals surface area (Å²) in [5, 5.41) is 2.65. The largest absolute Gasteiger partial charge is 0.342 e. The van der Waals surface area contributed by atoms with Crippen molar-refractivity contribution in [3.05, 3.63) is 29.6 Å². The van der Waals surface area contributed by atoms with Crippen molar-refractivity contribution in [2.24, 2.45) is 0 Å². The van der Waals surface area contributed by atoms with Crippen LogP contribution in [-0.4, -0.2) is 22.7 Å². The van der Waals surface area contributed by atoms with Gasteiger partial charge in [0.2, 0.25) is 0 Å². The molecule has 0 aliphatic carbocycles. The molecule has 4 nitrogen and oxygen atoms in total. The Bertz CT molecular complexity index is 402. The van der Waals surface area contributed by atoms with E-state index in [0.29, 0.717) is 12.0 Å². The van der Waals surface area contributed by atoms with Crippen molar-refractivity contribution in [3.8, 4) is 0 Å². The van der Waals surface area contributed by atoms with Gasteiger partial charge in [0.15, 0.2) is 5.78 Å². The van der Waals surface area contributed by atoms with E-state index in [2.05, 4.69) is 10.3 Å². The predicted octanol–water partition coefficient (Wildman–Crippen LogP) is 1.49. The molecular weight excluding hydrogens is 204 g/mol. The second-order valence-corrected chi connectivity index (χ2v) is 3.77. The van der Waals surface area contributed by atoms with Crippen LogP contribution in [0.4, 0.5) is 0 Å². The second kappa shape index (κ2) is 5.39. The van der Waals surface area contributed by atoms with Crippen molar-refractivity contribution in [1.29, 1.82) is 0 Å². The van der Waals surface area contributed by atoms with Crippen LogP contribution in [0.1, 0.15) is 36.2 Å². The summed E-state index contributed by atoms with van der Waals surface area (Å²) in [7, 11) is 0. The van der Waals surface area contributed by atoms with E-state index in [1.165, 1.54) is 6.20 Å². The molecule has 1 aromatic heterocycles. The minimum absolute atomic E-state index is 0.0222. The highest BCUT2D eigenvalue weighted by Gasteiger charge is 2.14. The SMILES string of the molecule is CCC(=O)C(C)NC(=O)c1cncc(C)c1. The zero-order valence-corrected chi connectivity index (χ0v) is 9.78. The molecule has 0 bridgehead atoms. The maximum absolute atomic E-state index is 11.7. The normalized spacial score (nSPS) is 11.9. The van der Waals surface area contributed by atoms with Gasteiger partial charge in [0, 0.05) is 18.8 Å². The lowest BCUT2D eigenvalue weighted by Crippen LogP contribution is -2.38. The molecule has 16 heavy (non-hydrogen) atoms. The summed E-state index contributed by atoms with van der Waals surface area (Å²) >= 11 is 0. The van der Waals surface area contributed by atoms with E-state index in [1.54, 1.807) is 26.1 Å². The van der Waals surface area contributed by atoms with Gasteiger partial charge >= 0.3 is 0 Å². The zero-order valence-electron chi connectivity index (χ0n) is 9.78. The van der Waals surface area contributed by atoms with Crippen LogP contribution in [0.25, 0.3) is 0 Å². The molecule has 0 spiro atoms. The molecule has 0 aliphatic heterocycles. The first kappa shape index (κ1) is 12.4. The molecule has 1 heterocycles. The van der Waals surface area contributed by atoms with Gasteiger partial charge in [0.25, 0.3) is 5.91 Å².